The van der Waals surface area contributed by atoms with Gasteiger partial charge in [-0.15, -0.1) is 0 Å². The van der Waals surface area contributed by atoms with E-state index in [0.717, 1.165) is 16.7 Å². The van der Waals surface area contributed by atoms with Gasteiger partial charge in [0.05, 0.1) is 17.1 Å². The standard InChI is InChI=1S/C17H14F3N3O/c1-8-3-4-13(20)15-14(8)17(24)23(16(22-15)9(2)21)12-6-10(18)5-11(19)7-12/h3-7,9H,21H2,1-2H3. The summed E-state index contributed by atoms with van der Waals surface area (Å²) in [7, 11) is 0. The Kier molecular flexibility index (Phi) is 3.88. The first kappa shape index (κ1) is 16.2. The van der Waals surface area contributed by atoms with Crippen molar-refractivity contribution in [3.63, 3.8) is 0 Å². The minimum Gasteiger partial charge on any atom is -0.322 e. The number of nitrogens with zero attached hydrogens (tertiary/aromatic N) is 2. The molecule has 0 amide bonds. The molecule has 4 nitrogen and oxygen atoms in total. The van der Waals surface area contributed by atoms with Crippen molar-refractivity contribution in [1.82, 2.24) is 9.55 Å². The summed E-state index contributed by atoms with van der Waals surface area (Å²) in [5.41, 5.74) is 5.56. The summed E-state index contributed by atoms with van der Waals surface area (Å²) in [6.07, 6.45) is 0. The largest absolute Gasteiger partial charge is 0.322 e. The molecule has 0 spiro atoms. The molecule has 1 atom stereocenters. The fraction of sp³-hybridized carbons (Fsp3) is 0.176. The van der Waals surface area contributed by atoms with Crippen molar-refractivity contribution in [2.24, 2.45) is 5.73 Å². The van der Waals surface area contributed by atoms with E-state index in [9.17, 15) is 18.0 Å². The fourth-order valence-electron chi connectivity index (χ4n) is 2.65. The van der Waals surface area contributed by atoms with Crippen LogP contribution in [0.2, 0.25) is 0 Å². The molecule has 1 unspecified atom stereocenters. The smallest absolute Gasteiger partial charge is 0.266 e. The molecule has 0 saturated carbocycles. The van der Waals surface area contributed by atoms with Crippen molar-refractivity contribution < 1.29 is 13.2 Å². The average Bonchev–Trinajstić information content (AvgIpc) is 2.49. The number of aromatic nitrogens is 2. The summed E-state index contributed by atoms with van der Waals surface area (Å²) in [5, 5.41) is 0.0454. The Bertz CT molecular complexity index is 992. The molecule has 2 aromatic carbocycles. The molecular weight excluding hydrogens is 319 g/mol. The van der Waals surface area contributed by atoms with Crippen LogP contribution in [0.15, 0.2) is 35.1 Å². The second kappa shape index (κ2) is 5.76. The van der Waals surface area contributed by atoms with Crippen LogP contribution in [0.5, 0.6) is 0 Å². The monoisotopic (exact) mass is 333 g/mol. The van der Waals surface area contributed by atoms with Gasteiger partial charge in [-0.1, -0.05) is 6.07 Å². The molecule has 0 bridgehead atoms. The van der Waals surface area contributed by atoms with Crippen molar-refractivity contribution in [2.75, 3.05) is 0 Å². The molecular formula is C17H14F3N3O. The highest BCUT2D eigenvalue weighted by molar-refractivity contribution is 5.82. The molecule has 124 valence electrons. The van der Waals surface area contributed by atoms with Gasteiger partial charge in [-0.25, -0.2) is 18.2 Å². The highest BCUT2D eigenvalue weighted by Gasteiger charge is 2.19. The van der Waals surface area contributed by atoms with Gasteiger partial charge in [0.25, 0.3) is 5.56 Å². The number of hydrogen-bond donors (Lipinski definition) is 1. The highest BCUT2D eigenvalue weighted by atomic mass is 19.1. The van der Waals surface area contributed by atoms with Gasteiger partial charge in [0.15, 0.2) is 0 Å². The number of halogens is 3. The van der Waals surface area contributed by atoms with E-state index in [2.05, 4.69) is 4.98 Å². The molecule has 7 heteroatoms. The van der Waals surface area contributed by atoms with E-state index >= 15 is 0 Å². The Morgan fingerprint density at radius 2 is 1.75 bits per heavy atom. The van der Waals surface area contributed by atoms with Gasteiger partial charge in [-0.05, 0) is 37.6 Å². The molecule has 1 aromatic heterocycles. The lowest BCUT2D eigenvalue weighted by Gasteiger charge is -2.17. The van der Waals surface area contributed by atoms with E-state index in [1.165, 1.54) is 12.1 Å². The number of rotatable bonds is 2. The van der Waals surface area contributed by atoms with Crippen molar-refractivity contribution >= 4 is 10.9 Å². The maximum atomic E-state index is 14.1. The highest BCUT2D eigenvalue weighted by Crippen LogP contribution is 2.22. The summed E-state index contributed by atoms with van der Waals surface area (Å²) >= 11 is 0. The van der Waals surface area contributed by atoms with Gasteiger partial charge in [0.2, 0.25) is 0 Å². The number of hydrogen-bond acceptors (Lipinski definition) is 3. The van der Waals surface area contributed by atoms with Gasteiger partial charge in [0, 0.05) is 6.07 Å². The van der Waals surface area contributed by atoms with Crippen LogP contribution in [0.3, 0.4) is 0 Å². The molecule has 0 radical (unpaired) electrons. The van der Waals surface area contributed by atoms with Crippen molar-refractivity contribution in [3.8, 4) is 5.69 Å². The molecule has 2 N–H and O–H groups in total. The van der Waals surface area contributed by atoms with Gasteiger partial charge in [0.1, 0.15) is 28.8 Å². The maximum Gasteiger partial charge on any atom is 0.266 e. The number of nitrogens with two attached hydrogens (primary N) is 1. The third-order valence-corrected chi connectivity index (χ3v) is 3.72. The zero-order valence-corrected chi connectivity index (χ0v) is 13.0. The molecule has 3 aromatic rings. The van der Waals surface area contributed by atoms with Crippen LogP contribution in [0, 0.1) is 24.4 Å². The summed E-state index contributed by atoms with van der Waals surface area (Å²) < 4.78 is 42.2. The number of fused-ring (bicyclic) bond motifs is 1. The lowest BCUT2D eigenvalue weighted by molar-refractivity contribution is 0.578. The van der Waals surface area contributed by atoms with Crippen molar-refractivity contribution in [1.29, 1.82) is 0 Å². The minimum absolute atomic E-state index is 0.0157. The van der Waals surface area contributed by atoms with E-state index in [-0.39, 0.29) is 22.4 Å². The lowest BCUT2D eigenvalue weighted by atomic mass is 10.1. The van der Waals surface area contributed by atoms with E-state index in [1.54, 1.807) is 13.8 Å². The zero-order chi connectivity index (χ0) is 17.6. The summed E-state index contributed by atoms with van der Waals surface area (Å²) in [5.74, 6) is -2.33. The van der Waals surface area contributed by atoms with Gasteiger partial charge < -0.3 is 5.73 Å². The third kappa shape index (κ3) is 2.56. The molecule has 1 heterocycles. The van der Waals surface area contributed by atoms with Crippen LogP contribution in [0.1, 0.15) is 24.4 Å². The third-order valence-electron chi connectivity index (χ3n) is 3.72. The molecule has 0 aliphatic rings. The van der Waals surface area contributed by atoms with E-state index < -0.39 is 29.1 Å². The SMILES string of the molecule is Cc1ccc(F)c2nc(C(C)N)n(-c3cc(F)cc(F)c3)c(=O)c12. The average molecular weight is 333 g/mol. The first-order chi connectivity index (χ1) is 11.3. The number of benzene rings is 2. The minimum atomic E-state index is -0.844. The van der Waals surface area contributed by atoms with Crippen LogP contribution in [0.25, 0.3) is 16.6 Å². The van der Waals surface area contributed by atoms with Gasteiger partial charge in [-0.2, -0.15) is 0 Å². The number of aryl methyl sites for hydroxylation is 1. The van der Waals surface area contributed by atoms with E-state index in [0.29, 0.717) is 11.6 Å². The van der Waals surface area contributed by atoms with Crippen molar-refractivity contribution in [3.05, 3.63) is 69.5 Å². The molecule has 0 saturated heterocycles. The molecule has 0 fully saturated rings. The Morgan fingerprint density at radius 1 is 1.12 bits per heavy atom. The molecule has 0 aliphatic heterocycles. The first-order valence-electron chi connectivity index (χ1n) is 7.23. The van der Waals surface area contributed by atoms with E-state index in [1.807, 2.05) is 0 Å². The van der Waals surface area contributed by atoms with E-state index in [4.69, 9.17) is 5.73 Å². The second-order valence-corrected chi connectivity index (χ2v) is 5.61. The normalized spacial score (nSPS) is 12.6. The summed E-state index contributed by atoms with van der Waals surface area (Å²) in [6, 6.07) is 4.59. The summed E-state index contributed by atoms with van der Waals surface area (Å²) in [6.45, 7) is 3.18. The summed E-state index contributed by atoms with van der Waals surface area (Å²) in [4.78, 5) is 17.1. The predicted molar refractivity (Wildman–Crippen MR) is 84.6 cm³/mol. The maximum absolute atomic E-state index is 14.1. The second-order valence-electron chi connectivity index (χ2n) is 5.61. The predicted octanol–water partition coefficient (Wildman–Crippen LogP) is 3.13. The van der Waals surface area contributed by atoms with Gasteiger partial charge in [-0.3, -0.25) is 9.36 Å². The van der Waals surface area contributed by atoms with Gasteiger partial charge >= 0.3 is 0 Å². The Hall–Kier alpha value is -2.67. The Morgan fingerprint density at radius 3 is 2.33 bits per heavy atom. The van der Waals surface area contributed by atoms with Crippen molar-refractivity contribution in [2.45, 2.75) is 19.9 Å². The van der Waals surface area contributed by atoms with Crippen LogP contribution in [-0.4, -0.2) is 9.55 Å². The quantitative estimate of drug-likeness (QED) is 0.784. The first-order valence-corrected chi connectivity index (χ1v) is 7.23. The zero-order valence-electron chi connectivity index (χ0n) is 13.0. The van der Waals surface area contributed by atoms with Crippen LogP contribution in [0.4, 0.5) is 13.2 Å². The van der Waals surface area contributed by atoms with Crippen LogP contribution < -0.4 is 11.3 Å². The Balaban J connectivity index is 2.51. The fourth-order valence-corrected chi connectivity index (χ4v) is 2.65. The molecule has 24 heavy (non-hydrogen) atoms. The van der Waals surface area contributed by atoms with Crippen LogP contribution in [-0.2, 0) is 0 Å². The Labute approximate surface area is 135 Å². The lowest BCUT2D eigenvalue weighted by Crippen LogP contribution is -2.28. The van der Waals surface area contributed by atoms with Crippen LogP contribution >= 0.6 is 0 Å². The topological polar surface area (TPSA) is 60.9 Å². The molecule has 0 aliphatic carbocycles. The molecule has 3 rings (SSSR count).